The highest BCUT2D eigenvalue weighted by Crippen LogP contribution is 2.61. The number of benzene rings is 1. The van der Waals surface area contributed by atoms with Crippen LogP contribution in [0.2, 0.25) is 0 Å². The minimum Gasteiger partial charge on any atom is -0.381 e. The molecule has 0 radical (unpaired) electrons. The van der Waals surface area contributed by atoms with Crippen LogP contribution in [0.1, 0.15) is 24.3 Å². The lowest BCUT2D eigenvalue weighted by Crippen LogP contribution is -2.54. The van der Waals surface area contributed by atoms with E-state index in [1.807, 2.05) is 18.2 Å². The van der Waals surface area contributed by atoms with Crippen LogP contribution in [0, 0.1) is 23.0 Å². The minimum absolute atomic E-state index is 0.148. The second-order valence-electron chi connectivity index (χ2n) is 5.02. The Kier molecular flexibility index (Phi) is 4.90. The van der Waals surface area contributed by atoms with Gasteiger partial charge in [0, 0.05) is 0 Å². The summed E-state index contributed by atoms with van der Waals surface area (Å²) in [5, 5.41) is 17.6. The molecule has 0 aromatic heterocycles. The van der Waals surface area contributed by atoms with Gasteiger partial charge < -0.3 is 9.47 Å². The molecule has 0 saturated heterocycles. The molecule has 0 N–H and O–H groups in total. The van der Waals surface area contributed by atoms with E-state index in [1.165, 1.54) is 12.5 Å². The van der Waals surface area contributed by atoms with Crippen molar-refractivity contribution in [2.75, 3.05) is 0 Å². The summed E-state index contributed by atoms with van der Waals surface area (Å²) in [7, 11) is 0. The molecule has 1 fully saturated rings. The average Bonchev–Trinajstić information content (AvgIpc) is 2.37. The van der Waals surface area contributed by atoms with E-state index in [9.17, 15) is 0 Å². The third kappa shape index (κ3) is 3.31. The number of halogens is 4. The highest BCUT2D eigenvalue weighted by molar-refractivity contribution is 6.54. The van der Waals surface area contributed by atoms with Gasteiger partial charge in [-0.05, 0) is 5.56 Å². The van der Waals surface area contributed by atoms with Gasteiger partial charge in [-0.15, -0.1) is 46.4 Å². The maximum Gasteiger partial charge on any atom is 0.290 e. The van der Waals surface area contributed by atoms with Crippen LogP contribution in [0.3, 0.4) is 0 Å². The van der Waals surface area contributed by atoms with Crippen molar-refractivity contribution < 1.29 is 9.47 Å². The molecule has 1 aliphatic rings. The number of nitrogens with zero attached hydrogens (tertiary/aromatic N) is 2. The summed E-state index contributed by atoms with van der Waals surface area (Å²) in [4.78, 5) is 0. The second kappa shape index (κ2) is 6.22. The molecule has 22 heavy (non-hydrogen) atoms. The van der Waals surface area contributed by atoms with E-state index in [4.69, 9.17) is 66.4 Å². The fourth-order valence-electron chi connectivity index (χ4n) is 2.76. The predicted molar refractivity (Wildman–Crippen MR) is 83.4 cm³/mol. The Balaban J connectivity index is 2.46. The minimum atomic E-state index is -1.69. The van der Waals surface area contributed by atoms with E-state index in [-0.39, 0.29) is 12.8 Å². The maximum atomic E-state index is 8.80. The van der Waals surface area contributed by atoms with Gasteiger partial charge in [0.2, 0.25) is 0 Å². The van der Waals surface area contributed by atoms with Crippen LogP contribution in [0.4, 0.5) is 0 Å². The highest BCUT2D eigenvalue weighted by Gasteiger charge is 2.63. The summed E-state index contributed by atoms with van der Waals surface area (Å²) in [5.41, 5.74) is 0.736. The number of alkyl halides is 4. The van der Waals surface area contributed by atoms with Crippen molar-refractivity contribution in [3.05, 3.63) is 35.9 Å². The van der Waals surface area contributed by atoms with Gasteiger partial charge in [-0.2, -0.15) is 10.5 Å². The number of hydrogen-bond donors (Lipinski definition) is 0. The fraction of sp³-hybridized carbons (Fsp3) is 0.429. The molecular weight excluding hydrogens is 370 g/mol. The van der Waals surface area contributed by atoms with Gasteiger partial charge in [-0.1, -0.05) is 30.3 Å². The summed E-state index contributed by atoms with van der Waals surface area (Å²) in [5.74, 6) is -2.35. The van der Waals surface area contributed by atoms with E-state index in [2.05, 4.69) is 0 Å². The summed E-state index contributed by atoms with van der Waals surface area (Å²) in [6.45, 7) is 0. The number of hydrogen-bond acceptors (Lipinski definition) is 4. The van der Waals surface area contributed by atoms with Crippen LogP contribution in [-0.2, 0) is 9.47 Å². The van der Waals surface area contributed by atoms with Crippen molar-refractivity contribution in [1.82, 2.24) is 0 Å². The Bertz CT molecular complexity index is 586. The third-order valence-corrected chi connectivity index (χ3v) is 4.86. The number of rotatable bonds is 3. The molecule has 0 bridgehead atoms. The molecule has 0 spiro atoms. The molecule has 0 atom stereocenters. The summed E-state index contributed by atoms with van der Waals surface area (Å²) >= 11 is 25.7. The molecule has 2 rings (SSSR count). The summed E-state index contributed by atoms with van der Waals surface area (Å²) in [6.07, 6.45) is 2.67. The zero-order valence-electron chi connectivity index (χ0n) is 11.1. The van der Waals surface area contributed by atoms with Crippen molar-refractivity contribution in [2.24, 2.45) is 0 Å². The Morgan fingerprint density at radius 2 is 1.36 bits per heavy atom. The molecule has 1 saturated carbocycles. The Morgan fingerprint density at radius 1 is 0.909 bits per heavy atom. The Labute approximate surface area is 148 Å². The molecule has 0 aliphatic heterocycles. The third-order valence-electron chi connectivity index (χ3n) is 3.45. The molecule has 8 heteroatoms. The quantitative estimate of drug-likeness (QED) is 0.437. The van der Waals surface area contributed by atoms with Crippen molar-refractivity contribution in [3.63, 3.8) is 0 Å². The van der Waals surface area contributed by atoms with Gasteiger partial charge in [0.1, 0.15) is 8.67 Å². The molecule has 0 unspecified atom stereocenters. The zero-order valence-corrected chi connectivity index (χ0v) is 14.1. The van der Waals surface area contributed by atoms with E-state index in [1.54, 1.807) is 12.1 Å². The van der Waals surface area contributed by atoms with Crippen molar-refractivity contribution in [2.45, 2.75) is 33.2 Å². The summed E-state index contributed by atoms with van der Waals surface area (Å²) in [6, 6.07) is 9.05. The van der Waals surface area contributed by atoms with Gasteiger partial charge in [-0.3, -0.25) is 0 Å². The zero-order chi connectivity index (χ0) is 16.4. The van der Waals surface area contributed by atoms with Crippen LogP contribution in [0.5, 0.6) is 0 Å². The van der Waals surface area contributed by atoms with E-state index < -0.39 is 20.4 Å². The predicted octanol–water partition coefficient (Wildman–Crippen LogP) is 4.60. The molecule has 1 aromatic carbocycles. The van der Waals surface area contributed by atoms with E-state index >= 15 is 0 Å². The lowest BCUT2D eigenvalue weighted by Gasteiger charge is -2.48. The van der Waals surface area contributed by atoms with Crippen LogP contribution in [0.25, 0.3) is 0 Å². The Morgan fingerprint density at radius 3 is 1.77 bits per heavy atom. The van der Waals surface area contributed by atoms with Crippen molar-refractivity contribution in [1.29, 1.82) is 10.5 Å². The summed E-state index contributed by atoms with van der Waals surface area (Å²) < 4.78 is 6.77. The molecule has 0 amide bonds. The topological polar surface area (TPSA) is 66.0 Å². The van der Waals surface area contributed by atoms with Gasteiger partial charge >= 0.3 is 0 Å². The van der Waals surface area contributed by atoms with Gasteiger partial charge in [0.15, 0.2) is 0 Å². The molecule has 1 aromatic rings. The second-order valence-corrected chi connectivity index (χ2v) is 8.10. The van der Waals surface area contributed by atoms with Crippen molar-refractivity contribution >= 4 is 46.4 Å². The van der Waals surface area contributed by atoms with Crippen LogP contribution < -0.4 is 0 Å². The number of nitriles is 2. The highest BCUT2D eigenvalue weighted by atomic mass is 35.5. The first-order valence-corrected chi connectivity index (χ1v) is 7.72. The van der Waals surface area contributed by atoms with Gasteiger partial charge in [-0.25, -0.2) is 0 Å². The Hall–Kier alpha value is -1.04. The monoisotopic (exact) mass is 378 g/mol. The number of ether oxygens (including phenoxy) is 2. The molecular formula is C14H10Cl4N2O2. The van der Waals surface area contributed by atoms with Crippen LogP contribution >= 0.6 is 46.4 Å². The molecule has 116 valence electrons. The fourth-order valence-corrected chi connectivity index (χ4v) is 5.05. The first kappa shape index (κ1) is 17.3. The molecule has 1 aliphatic carbocycles. The SMILES string of the molecule is N#COC1(OC#N)CC(Cl)(Cl)C(c2ccccc2)C(Cl)(Cl)C1. The molecule has 4 nitrogen and oxygen atoms in total. The smallest absolute Gasteiger partial charge is 0.290 e. The van der Waals surface area contributed by atoms with E-state index in [0.717, 1.165) is 5.56 Å². The standard InChI is InChI=1S/C14H10Cl4N2O2/c15-13(16)6-12(21-8-19,22-9-20)7-14(17,18)11(13)10-4-2-1-3-5-10/h1-5,11H,6-7H2. The van der Waals surface area contributed by atoms with Crippen LogP contribution in [0.15, 0.2) is 30.3 Å². The van der Waals surface area contributed by atoms with Gasteiger partial charge in [0.05, 0.1) is 18.8 Å². The largest absolute Gasteiger partial charge is 0.381 e. The van der Waals surface area contributed by atoms with Crippen molar-refractivity contribution in [3.8, 4) is 12.5 Å². The normalized spacial score (nSPS) is 22.1. The lowest BCUT2D eigenvalue weighted by atomic mass is 9.79. The van der Waals surface area contributed by atoms with E-state index in [0.29, 0.717) is 0 Å². The average molecular weight is 380 g/mol. The first-order valence-electron chi connectivity index (χ1n) is 6.21. The van der Waals surface area contributed by atoms with Gasteiger partial charge in [0.25, 0.3) is 18.3 Å². The first-order chi connectivity index (χ1) is 10.3. The van der Waals surface area contributed by atoms with Crippen LogP contribution in [-0.4, -0.2) is 14.5 Å². The molecule has 0 heterocycles. The lowest BCUT2D eigenvalue weighted by molar-refractivity contribution is -0.183. The maximum absolute atomic E-state index is 8.80.